The summed E-state index contributed by atoms with van der Waals surface area (Å²) in [6, 6.07) is 13.2. The summed E-state index contributed by atoms with van der Waals surface area (Å²) >= 11 is 6.21. The van der Waals surface area contributed by atoms with E-state index < -0.39 is 0 Å². The summed E-state index contributed by atoms with van der Waals surface area (Å²) in [6.45, 7) is 3.71. The van der Waals surface area contributed by atoms with Crippen LogP contribution < -0.4 is 0 Å². The maximum atomic E-state index is 13.1. The van der Waals surface area contributed by atoms with E-state index in [0.29, 0.717) is 52.8 Å². The lowest BCUT2D eigenvalue weighted by Crippen LogP contribution is -2.24. The third-order valence-corrected chi connectivity index (χ3v) is 4.72. The van der Waals surface area contributed by atoms with E-state index in [9.17, 15) is 4.39 Å². The molecule has 4 aromatic rings. The lowest BCUT2D eigenvalue weighted by molar-refractivity contribution is 0.211. The van der Waals surface area contributed by atoms with Crippen molar-refractivity contribution in [3.8, 4) is 22.9 Å². The van der Waals surface area contributed by atoms with Gasteiger partial charge in [-0.3, -0.25) is 4.90 Å². The van der Waals surface area contributed by atoms with Crippen LogP contribution in [-0.2, 0) is 13.1 Å². The van der Waals surface area contributed by atoms with Gasteiger partial charge in [-0.25, -0.2) is 4.39 Å². The number of halogens is 2. The molecule has 0 unspecified atom stereocenters. The van der Waals surface area contributed by atoms with E-state index >= 15 is 0 Å². The number of rotatable bonds is 8. The molecule has 0 N–H and O–H groups in total. The number of hydrogen-bond acceptors (Lipinski definition) is 7. The van der Waals surface area contributed by atoms with E-state index in [0.717, 1.165) is 13.0 Å². The Labute approximate surface area is 177 Å². The van der Waals surface area contributed by atoms with Crippen LogP contribution in [0.25, 0.3) is 22.9 Å². The van der Waals surface area contributed by atoms with Crippen molar-refractivity contribution in [2.45, 2.75) is 26.4 Å². The fraction of sp³-hybridized carbons (Fsp3) is 0.238. The topological polar surface area (TPSA) is 81.1 Å². The molecule has 0 radical (unpaired) electrons. The molecule has 0 aliphatic carbocycles. The van der Waals surface area contributed by atoms with Crippen LogP contribution >= 0.6 is 11.6 Å². The van der Waals surface area contributed by atoms with Gasteiger partial charge >= 0.3 is 0 Å². The molecule has 2 aromatic heterocycles. The second kappa shape index (κ2) is 9.15. The maximum absolute atomic E-state index is 13.1. The molecule has 4 rings (SSSR count). The maximum Gasteiger partial charge on any atom is 0.249 e. The van der Waals surface area contributed by atoms with Crippen molar-refractivity contribution in [2.75, 3.05) is 6.54 Å². The van der Waals surface area contributed by atoms with Crippen LogP contribution in [0, 0.1) is 5.82 Å². The molecule has 0 aliphatic heterocycles. The fourth-order valence-corrected chi connectivity index (χ4v) is 3.22. The van der Waals surface area contributed by atoms with Crippen molar-refractivity contribution in [1.29, 1.82) is 0 Å². The Hall–Kier alpha value is -3.10. The normalized spacial score (nSPS) is 11.3. The van der Waals surface area contributed by atoms with Gasteiger partial charge in [-0.1, -0.05) is 30.7 Å². The largest absolute Gasteiger partial charge is 0.419 e. The smallest absolute Gasteiger partial charge is 0.249 e. The van der Waals surface area contributed by atoms with Gasteiger partial charge < -0.3 is 8.83 Å². The second-order valence-corrected chi connectivity index (χ2v) is 7.11. The Bertz CT molecular complexity index is 1110. The van der Waals surface area contributed by atoms with Crippen LogP contribution in [0.5, 0.6) is 0 Å². The van der Waals surface area contributed by atoms with Gasteiger partial charge in [0.1, 0.15) is 5.82 Å². The summed E-state index contributed by atoms with van der Waals surface area (Å²) in [5.74, 6) is 1.33. The van der Waals surface area contributed by atoms with Gasteiger partial charge in [0.05, 0.1) is 23.7 Å². The summed E-state index contributed by atoms with van der Waals surface area (Å²) in [5.41, 5.74) is 1.36. The number of hydrogen-bond donors (Lipinski definition) is 0. The Morgan fingerprint density at radius 1 is 0.867 bits per heavy atom. The zero-order valence-corrected chi connectivity index (χ0v) is 17.0. The predicted molar refractivity (Wildman–Crippen MR) is 109 cm³/mol. The van der Waals surface area contributed by atoms with E-state index in [4.69, 9.17) is 20.4 Å². The Kier molecular flexibility index (Phi) is 6.15. The predicted octanol–water partition coefficient (Wildman–Crippen LogP) is 4.99. The Balaban J connectivity index is 1.46. The molecule has 0 fully saturated rings. The highest BCUT2D eigenvalue weighted by Crippen LogP contribution is 2.26. The molecule has 0 saturated carbocycles. The summed E-state index contributed by atoms with van der Waals surface area (Å²) in [5, 5.41) is 17.0. The highest BCUT2D eigenvalue weighted by atomic mass is 35.5. The molecule has 0 atom stereocenters. The van der Waals surface area contributed by atoms with E-state index in [1.54, 1.807) is 18.2 Å². The van der Waals surface area contributed by atoms with Crippen LogP contribution in [0.3, 0.4) is 0 Å². The third kappa shape index (κ3) is 4.72. The molecule has 30 heavy (non-hydrogen) atoms. The highest BCUT2D eigenvalue weighted by Gasteiger charge is 2.17. The van der Waals surface area contributed by atoms with Crippen LogP contribution in [0.2, 0.25) is 5.02 Å². The molecular weight excluding hydrogens is 409 g/mol. The van der Waals surface area contributed by atoms with Gasteiger partial charge in [0.15, 0.2) is 0 Å². The molecule has 2 aromatic carbocycles. The molecule has 154 valence electrons. The summed E-state index contributed by atoms with van der Waals surface area (Å²) < 4.78 is 24.6. The summed E-state index contributed by atoms with van der Waals surface area (Å²) in [6.07, 6.45) is 0.921. The molecule has 0 spiro atoms. The molecular formula is C21H19ClFN5O2. The van der Waals surface area contributed by atoms with Gasteiger partial charge in [-0.2, -0.15) is 0 Å². The zero-order valence-electron chi connectivity index (χ0n) is 16.3. The van der Waals surface area contributed by atoms with Crippen LogP contribution in [-0.4, -0.2) is 31.8 Å². The molecule has 0 bridgehead atoms. The second-order valence-electron chi connectivity index (χ2n) is 6.70. The van der Waals surface area contributed by atoms with Crippen molar-refractivity contribution in [3.05, 3.63) is 71.2 Å². The Morgan fingerprint density at radius 3 is 2.17 bits per heavy atom. The molecule has 0 saturated heterocycles. The molecule has 0 aliphatic rings. The Morgan fingerprint density at radius 2 is 1.50 bits per heavy atom. The van der Waals surface area contributed by atoms with Crippen molar-refractivity contribution in [2.24, 2.45) is 0 Å². The number of aromatic nitrogens is 4. The van der Waals surface area contributed by atoms with Crippen molar-refractivity contribution >= 4 is 11.6 Å². The van der Waals surface area contributed by atoms with Gasteiger partial charge in [0.2, 0.25) is 23.6 Å². The van der Waals surface area contributed by atoms with E-state index in [1.165, 1.54) is 12.1 Å². The third-order valence-electron chi connectivity index (χ3n) is 4.39. The van der Waals surface area contributed by atoms with E-state index in [1.807, 2.05) is 18.2 Å². The van der Waals surface area contributed by atoms with Gasteiger partial charge in [-0.05, 0) is 49.4 Å². The minimum atomic E-state index is -0.316. The van der Waals surface area contributed by atoms with Gasteiger partial charge in [-0.15, -0.1) is 20.4 Å². The van der Waals surface area contributed by atoms with Crippen LogP contribution in [0.1, 0.15) is 25.1 Å². The molecule has 0 amide bonds. The lowest BCUT2D eigenvalue weighted by atomic mass is 10.2. The summed E-state index contributed by atoms with van der Waals surface area (Å²) in [4.78, 5) is 2.08. The van der Waals surface area contributed by atoms with Crippen molar-refractivity contribution in [3.63, 3.8) is 0 Å². The molecule has 2 heterocycles. The fourth-order valence-electron chi connectivity index (χ4n) is 3.00. The first-order valence-electron chi connectivity index (χ1n) is 9.50. The highest BCUT2D eigenvalue weighted by molar-refractivity contribution is 6.33. The number of nitrogens with zero attached hydrogens (tertiary/aromatic N) is 5. The first kappa shape index (κ1) is 20.2. The van der Waals surface area contributed by atoms with E-state index in [2.05, 4.69) is 32.2 Å². The average Bonchev–Trinajstić information content (AvgIpc) is 3.39. The first-order chi connectivity index (χ1) is 14.6. The summed E-state index contributed by atoms with van der Waals surface area (Å²) in [7, 11) is 0. The van der Waals surface area contributed by atoms with E-state index in [-0.39, 0.29) is 5.82 Å². The molecule has 9 heteroatoms. The minimum absolute atomic E-state index is 0.316. The van der Waals surface area contributed by atoms with Gasteiger partial charge in [0.25, 0.3) is 0 Å². The molecule has 7 nitrogen and oxygen atoms in total. The van der Waals surface area contributed by atoms with Crippen molar-refractivity contribution < 1.29 is 13.2 Å². The minimum Gasteiger partial charge on any atom is -0.419 e. The SMILES string of the molecule is CCCN(Cc1nnc(-c2ccc(F)cc2)o1)Cc1nnc(-c2ccccc2Cl)o1. The zero-order chi connectivity index (χ0) is 20.9. The average molecular weight is 428 g/mol. The number of benzene rings is 2. The van der Waals surface area contributed by atoms with Gasteiger partial charge in [0, 0.05) is 5.56 Å². The first-order valence-corrected chi connectivity index (χ1v) is 9.88. The van der Waals surface area contributed by atoms with Crippen LogP contribution in [0.4, 0.5) is 4.39 Å². The monoisotopic (exact) mass is 427 g/mol. The standard InChI is InChI=1S/C21H19ClFN5O2/c1-2-11-28(12-18-24-26-20(29-18)14-7-9-15(23)10-8-14)13-19-25-27-21(30-19)16-5-3-4-6-17(16)22/h3-10H,2,11-13H2,1H3. The quantitative estimate of drug-likeness (QED) is 0.391. The lowest BCUT2D eigenvalue weighted by Gasteiger charge is -2.17. The van der Waals surface area contributed by atoms with Crippen LogP contribution in [0.15, 0.2) is 57.4 Å². The van der Waals surface area contributed by atoms with Crippen molar-refractivity contribution in [1.82, 2.24) is 25.3 Å².